The molecule has 1 fully saturated rings. The number of rotatable bonds is 4. The Balaban J connectivity index is 1.55. The topological polar surface area (TPSA) is 38.1 Å². The fraction of sp³-hybridized carbons (Fsp3) is 0.231. The number of aromatic nitrogens is 2. The largest absolute Gasteiger partial charge is 0.323 e. The lowest BCUT2D eigenvalue weighted by Gasteiger charge is -2.19. The summed E-state index contributed by atoms with van der Waals surface area (Å²) >= 11 is 6.33. The van der Waals surface area contributed by atoms with E-state index in [1.165, 1.54) is 11.6 Å². The number of fused-ring (bicyclic) bond motifs is 1. The predicted molar refractivity (Wildman–Crippen MR) is 126 cm³/mol. The first kappa shape index (κ1) is 20.7. The van der Waals surface area contributed by atoms with E-state index in [2.05, 4.69) is 19.9 Å². The molecule has 0 aliphatic carbocycles. The quantitative estimate of drug-likeness (QED) is 0.384. The summed E-state index contributed by atoms with van der Waals surface area (Å²) in [5.41, 5.74) is 5.40. The maximum atomic E-state index is 14.6. The van der Waals surface area contributed by atoms with Crippen LogP contribution in [-0.2, 0) is 11.3 Å². The van der Waals surface area contributed by atoms with Crippen LogP contribution in [0, 0.1) is 19.7 Å². The Morgan fingerprint density at radius 3 is 2.66 bits per heavy atom. The number of aryl methyl sites for hydroxylation is 2. The number of carbonyl (C=O) groups is 1. The third-order valence-corrected chi connectivity index (χ3v) is 6.71. The molecular weight excluding hydrogens is 425 g/mol. The number of amides is 1. The minimum Gasteiger partial charge on any atom is -0.323 e. The molecule has 1 aromatic heterocycles. The zero-order valence-corrected chi connectivity index (χ0v) is 18.7. The molecule has 0 saturated carbocycles. The average molecular weight is 448 g/mol. The van der Waals surface area contributed by atoms with Gasteiger partial charge >= 0.3 is 0 Å². The van der Waals surface area contributed by atoms with Crippen LogP contribution in [0.25, 0.3) is 11.0 Å². The van der Waals surface area contributed by atoms with Gasteiger partial charge in [0, 0.05) is 35.2 Å². The Morgan fingerprint density at radius 2 is 1.88 bits per heavy atom. The van der Waals surface area contributed by atoms with Crippen molar-refractivity contribution in [3.63, 3.8) is 0 Å². The molecule has 0 bridgehead atoms. The van der Waals surface area contributed by atoms with Crippen molar-refractivity contribution >= 4 is 34.2 Å². The molecule has 0 unspecified atom stereocenters. The molecule has 4 nitrogen and oxygen atoms in total. The molecule has 0 spiro atoms. The van der Waals surface area contributed by atoms with Crippen LogP contribution in [0.5, 0.6) is 0 Å². The third kappa shape index (κ3) is 3.56. The van der Waals surface area contributed by atoms with Gasteiger partial charge in [0.1, 0.15) is 11.6 Å². The van der Waals surface area contributed by atoms with Crippen molar-refractivity contribution in [2.24, 2.45) is 0 Å². The van der Waals surface area contributed by atoms with Crippen molar-refractivity contribution in [2.75, 3.05) is 11.4 Å². The number of imidazole rings is 1. The highest BCUT2D eigenvalue weighted by atomic mass is 35.5. The van der Waals surface area contributed by atoms with E-state index >= 15 is 0 Å². The van der Waals surface area contributed by atoms with E-state index in [-0.39, 0.29) is 24.2 Å². The van der Waals surface area contributed by atoms with E-state index in [0.717, 1.165) is 28.1 Å². The van der Waals surface area contributed by atoms with Crippen LogP contribution in [0.3, 0.4) is 0 Å². The van der Waals surface area contributed by atoms with Crippen molar-refractivity contribution < 1.29 is 9.18 Å². The lowest BCUT2D eigenvalue weighted by molar-refractivity contribution is -0.117. The van der Waals surface area contributed by atoms with Crippen LogP contribution in [0.2, 0.25) is 5.02 Å². The highest BCUT2D eigenvalue weighted by Gasteiger charge is 2.35. The second kappa shape index (κ2) is 8.06. The second-order valence-corrected chi connectivity index (χ2v) is 8.83. The van der Waals surface area contributed by atoms with E-state index in [9.17, 15) is 9.18 Å². The number of carbonyl (C=O) groups excluding carboxylic acids is 1. The summed E-state index contributed by atoms with van der Waals surface area (Å²) in [6, 6.07) is 18.6. The van der Waals surface area contributed by atoms with Crippen molar-refractivity contribution in [2.45, 2.75) is 32.7 Å². The molecule has 0 radical (unpaired) electrons. The van der Waals surface area contributed by atoms with Gasteiger partial charge in [0.25, 0.3) is 0 Å². The molecule has 1 saturated heterocycles. The molecule has 32 heavy (non-hydrogen) atoms. The predicted octanol–water partition coefficient (Wildman–Crippen LogP) is 6.01. The van der Waals surface area contributed by atoms with Gasteiger partial charge in [0.2, 0.25) is 5.91 Å². The molecule has 6 heteroatoms. The first-order valence-electron chi connectivity index (χ1n) is 10.7. The van der Waals surface area contributed by atoms with Crippen molar-refractivity contribution in [1.29, 1.82) is 0 Å². The standard InChI is InChI=1S/C26H23ClFN3O/c1-16-10-11-19(12-17(16)2)30-14-18(13-25(30)32)26-29-23-8-3-4-9-24(23)31(26)15-20-21(27)6-5-7-22(20)28/h3-12,18H,13-15H2,1-2H3/t18-/m0/s1. The molecule has 2 heterocycles. The maximum absolute atomic E-state index is 14.6. The van der Waals surface area contributed by atoms with Crippen molar-refractivity contribution in [3.05, 3.63) is 94.0 Å². The van der Waals surface area contributed by atoms with Gasteiger partial charge < -0.3 is 9.47 Å². The van der Waals surface area contributed by atoms with Crippen LogP contribution in [0.1, 0.15) is 34.9 Å². The van der Waals surface area contributed by atoms with Gasteiger partial charge in [-0.3, -0.25) is 4.79 Å². The van der Waals surface area contributed by atoms with Gasteiger partial charge in [0.15, 0.2) is 0 Å². The summed E-state index contributed by atoms with van der Waals surface area (Å²) in [4.78, 5) is 19.6. The van der Waals surface area contributed by atoms with E-state index in [0.29, 0.717) is 23.6 Å². The Bertz CT molecular complexity index is 1330. The molecule has 4 aromatic rings. The number of benzene rings is 3. The van der Waals surface area contributed by atoms with E-state index in [1.54, 1.807) is 12.1 Å². The lowest BCUT2D eigenvalue weighted by Crippen LogP contribution is -2.24. The van der Waals surface area contributed by atoms with Crippen LogP contribution in [0.15, 0.2) is 60.7 Å². The second-order valence-electron chi connectivity index (χ2n) is 8.42. The highest BCUT2D eigenvalue weighted by molar-refractivity contribution is 6.31. The third-order valence-electron chi connectivity index (χ3n) is 6.35. The van der Waals surface area contributed by atoms with Gasteiger partial charge in [0.05, 0.1) is 17.6 Å². The minimum atomic E-state index is -0.347. The van der Waals surface area contributed by atoms with Crippen molar-refractivity contribution in [3.8, 4) is 0 Å². The zero-order chi connectivity index (χ0) is 22.4. The van der Waals surface area contributed by atoms with Crippen LogP contribution in [0.4, 0.5) is 10.1 Å². The Labute approximate surface area is 191 Å². The molecule has 3 aromatic carbocycles. The summed E-state index contributed by atoms with van der Waals surface area (Å²) in [6.45, 7) is 4.91. The average Bonchev–Trinajstić information content (AvgIpc) is 3.33. The summed E-state index contributed by atoms with van der Waals surface area (Å²) < 4.78 is 16.6. The van der Waals surface area contributed by atoms with E-state index < -0.39 is 0 Å². The van der Waals surface area contributed by atoms with Gasteiger partial charge in [-0.1, -0.05) is 35.9 Å². The molecular formula is C26H23ClFN3O. The fourth-order valence-electron chi connectivity index (χ4n) is 4.44. The lowest BCUT2D eigenvalue weighted by atomic mass is 10.1. The number of halogens is 2. The highest BCUT2D eigenvalue weighted by Crippen LogP contribution is 2.35. The Hall–Kier alpha value is -3.18. The van der Waals surface area contributed by atoms with Crippen LogP contribution < -0.4 is 4.90 Å². The molecule has 1 atom stereocenters. The van der Waals surface area contributed by atoms with Gasteiger partial charge in [-0.25, -0.2) is 9.37 Å². The Morgan fingerprint density at radius 1 is 1.06 bits per heavy atom. The number of anilines is 1. The molecule has 162 valence electrons. The molecule has 1 aliphatic heterocycles. The monoisotopic (exact) mass is 447 g/mol. The van der Waals surface area contributed by atoms with Crippen LogP contribution >= 0.6 is 11.6 Å². The number of para-hydroxylation sites is 2. The number of nitrogens with zero attached hydrogens (tertiary/aromatic N) is 3. The molecule has 1 aliphatic rings. The molecule has 0 N–H and O–H groups in total. The normalized spacial score (nSPS) is 16.3. The number of hydrogen-bond acceptors (Lipinski definition) is 2. The summed E-state index contributed by atoms with van der Waals surface area (Å²) in [7, 11) is 0. The first-order valence-corrected chi connectivity index (χ1v) is 11.1. The summed E-state index contributed by atoms with van der Waals surface area (Å²) in [5, 5.41) is 0.382. The van der Waals surface area contributed by atoms with E-state index in [4.69, 9.17) is 16.6 Å². The number of hydrogen-bond donors (Lipinski definition) is 0. The maximum Gasteiger partial charge on any atom is 0.227 e. The first-order chi connectivity index (χ1) is 15.4. The minimum absolute atomic E-state index is 0.0702. The SMILES string of the molecule is Cc1ccc(N2C[C@@H](c3nc4ccccc4n3Cc3c(F)cccc3Cl)CC2=O)cc1C. The molecule has 1 amide bonds. The van der Waals surface area contributed by atoms with Gasteiger partial charge in [-0.2, -0.15) is 0 Å². The smallest absolute Gasteiger partial charge is 0.227 e. The van der Waals surface area contributed by atoms with Crippen molar-refractivity contribution in [1.82, 2.24) is 9.55 Å². The summed E-state index contributed by atoms with van der Waals surface area (Å²) in [6.07, 6.45) is 0.362. The zero-order valence-electron chi connectivity index (χ0n) is 18.0. The fourth-order valence-corrected chi connectivity index (χ4v) is 4.66. The van der Waals surface area contributed by atoms with Crippen LogP contribution in [-0.4, -0.2) is 22.0 Å². The van der Waals surface area contributed by atoms with Gasteiger partial charge in [-0.15, -0.1) is 0 Å². The summed E-state index contributed by atoms with van der Waals surface area (Å²) in [5.74, 6) is 0.411. The van der Waals surface area contributed by atoms with E-state index in [1.807, 2.05) is 45.9 Å². The molecule has 5 rings (SSSR count). The van der Waals surface area contributed by atoms with Gasteiger partial charge in [-0.05, 0) is 61.4 Å². The Kier molecular flexibility index (Phi) is 5.22.